The van der Waals surface area contributed by atoms with Gasteiger partial charge in [-0.05, 0) is 44.0 Å². The minimum Gasteiger partial charge on any atom is -0.490 e. The molecule has 7 heteroatoms. The number of carbonyl (C=O) groups is 1. The van der Waals surface area contributed by atoms with Gasteiger partial charge >= 0.3 is 0 Å². The fourth-order valence-electron chi connectivity index (χ4n) is 4.16. The Morgan fingerprint density at radius 2 is 2.07 bits per heavy atom. The number of hydrogen-bond acceptors (Lipinski definition) is 4. The lowest BCUT2D eigenvalue weighted by Crippen LogP contribution is -2.46. The van der Waals surface area contributed by atoms with E-state index in [0.717, 1.165) is 25.9 Å². The van der Waals surface area contributed by atoms with E-state index in [1.54, 1.807) is 23.2 Å². The van der Waals surface area contributed by atoms with Crippen molar-refractivity contribution in [3.8, 4) is 5.75 Å². The fourth-order valence-corrected chi connectivity index (χ4v) is 4.16. The lowest BCUT2D eigenvalue weighted by molar-refractivity contribution is -0.133. The van der Waals surface area contributed by atoms with Crippen LogP contribution in [0.15, 0.2) is 30.5 Å². The highest BCUT2D eigenvalue weighted by molar-refractivity contribution is 5.84. The predicted molar refractivity (Wildman–Crippen MR) is 102 cm³/mol. The van der Waals surface area contributed by atoms with E-state index in [2.05, 4.69) is 9.88 Å². The first-order valence-corrected chi connectivity index (χ1v) is 9.86. The molecule has 0 bridgehead atoms. The van der Waals surface area contributed by atoms with Gasteiger partial charge in [-0.1, -0.05) is 0 Å². The smallest absolute Gasteiger partial charge is 0.237 e. The molecule has 5 nitrogen and oxygen atoms in total. The number of ether oxygens (including phenoxy) is 1. The van der Waals surface area contributed by atoms with Crippen molar-refractivity contribution >= 4 is 16.8 Å². The van der Waals surface area contributed by atoms with Gasteiger partial charge in [-0.15, -0.1) is 0 Å². The maximum absolute atomic E-state index is 13.6. The number of alkyl halides is 1. The summed E-state index contributed by atoms with van der Waals surface area (Å²) in [6, 6.07) is 6.22. The van der Waals surface area contributed by atoms with Crippen molar-refractivity contribution in [1.29, 1.82) is 0 Å². The van der Waals surface area contributed by atoms with Crippen molar-refractivity contribution in [1.82, 2.24) is 14.8 Å². The third-order valence-corrected chi connectivity index (χ3v) is 5.69. The summed E-state index contributed by atoms with van der Waals surface area (Å²) in [5, 5.41) is 0.670. The third kappa shape index (κ3) is 4.09. The highest BCUT2D eigenvalue weighted by atomic mass is 19.1. The third-order valence-electron chi connectivity index (χ3n) is 5.69. The minimum absolute atomic E-state index is 0.00243. The van der Waals surface area contributed by atoms with Gasteiger partial charge in [0.25, 0.3) is 0 Å². The first-order valence-electron chi connectivity index (χ1n) is 9.86. The van der Waals surface area contributed by atoms with Crippen LogP contribution in [0.25, 0.3) is 10.9 Å². The molecule has 0 N–H and O–H groups in total. The lowest BCUT2D eigenvalue weighted by atomic mass is 10.1. The number of likely N-dealkylation sites (tertiary alicyclic amines) is 2. The van der Waals surface area contributed by atoms with E-state index in [0.29, 0.717) is 29.6 Å². The highest BCUT2D eigenvalue weighted by Gasteiger charge is 2.33. The molecule has 2 aliphatic heterocycles. The van der Waals surface area contributed by atoms with Gasteiger partial charge in [-0.25, -0.2) is 8.78 Å². The molecule has 2 aromatic rings. The van der Waals surface area contributed by atoms with Gasteiger partial charge < -0.3 is 9.64 Å². The molecular formula is C21H25F2N3O2. The highest BCUT2D eigenvalue weighted by Crippen LogP contribution is 2.28. The molecule has 0 unspecified atom stereocenters. The molecule has 0 aliphatic carbocycles. The number of nitrogens with zero attached hydrogens (tertiary/aromatic N) is 3. The van der Waals surface area contributed by atoms with E-state index in [1.165, 1.54) is 12.1 Å². The maximum Gasteiger partial charge on any atom is 0.237 e. The Kier molecular flexibility index (Phi) is 5.44. The number of benzene rings is 1. The summed E-state index contributed by atoms with van der Waals surface area (Å²) in [5.74, 6) is 0.326. The largest absolute Gasteiger partial charge is 0.490 e. The molecule has 3 heterocycles. The van der Waals surface area contributed by atoms with E-state index >= 15 is 0 Å². The quantitative estimate of drug-likeness (QED) is 0.806. The van der Waals surface area contributed by atoms with Crippen molar-refractivity contribution in [2.45, 2.75) is 44.5 Å². The number of hydrogen-bond donors (Lipinski definition) is 0. The topological polar surface area (TPSA) is 45.7 Å². The van der Waals surface area contributed by atoms with E-state index in [9.17, 15) is 13.6 Å². The first kappa shape index (κ1) is 19.1. The molecule has 28 heavy (non-hydrogen) atoms. The van der Waals surface area contributed by atoms with E-state index in [-0.39, 0.29) is 30.4 Å². The van der Waals surface area contributed by atoms with Gasteiger partial charge in [-0.3, -0.25) is 14.7 Å². The second-order valence-electron chi connectivity index (χ2n) is 7.79. The second-order valence-corrected chi connectivity index (χ2v) is 7.79. The Bertz CT molecular complexity index is 855. The lowest BCUT2D eigenvalue weighted by Gasteiger charge is -2.33. The number of aromatic nitrogens is 1. The molecule has 0 spiro atoms. The molecule has 2 atom stereocenters. The van der Waals surface area contributed by atoms with E-state index in [1.807, 2.05) is 6.92 Å². The zero-order chi connectivity index (χ0) is 19.7. The van der Waals surface area contributed by atoms with Gasteiger partial charge in [0.05, 0.1) is 18.6 Å². The Morgan fingerprint density at radius 1 is 1.29 bits per heavy atom. The van der Waals surface area contributed by atoms with Gasteiger partial charge in [0.2, 0.25) is 5.91 Å². The summed E-state index contributed by atoms with van der Waals surface area (Å²) in [5.41, 5.74) is 0.702. The number of rotatable bonds is 4. The van der Waals surface area contributed by atoms with Crippen LogP contribution in [0.3, 0.4) is 0 Å². The SMILES string of the molecule is C[C@@H]1C[C@H](F)CN1C(=O)CN1CCC(Oc2ccnc3ccc(F)cc23)CC1. The molecule has 0 saturated carbocycles. The normalized spacial score (nSPS) is 24.0. The van der Waals surface area contributed by atoms with Crippen molar-refractivity contribution in [2.75, 3.05) is 26.2 Å². The van der Waals surface area contributed by atoms with E-state index in [4.69, 9.17) is 4.74 Å². The molecule has 0 radical (unpaired) electrons. The molecule has 150 valence electrons. The number of halogens is 2. The van der Waals surface area contributed by atoms with Crippen LogP contribution >= 0.6 is 0 Å². The first-order chi connectivity index (χ1) is 13.5. The minimum atomic E-state index is -0.905. The predicted octanol–water partition coefficient (Wildman–Crippen LogP) is 3.18. The molecular weight excluding hydrogens is 364 g/mol. The van der Waals surface area contributed by atoms with Crippen LogP contribution in [-0.2, 0) is 4.79 Å². The number of carbonyl (C=O) groups excluding carboxylic acids is 1. The van der Waals surface area contributed by atoms with Crippen LogP contribution in [0, 0.1) is 5.82 Å². The summed E-state index contributed by atoms with van der Waals surface area (Å²) < 4.78 is 33.2. The van der Waals surface area contributed by atoms with Crippen LogP contribution in [0.4, 0.5) is 8.78 Å². The average molecular weight is 389 g/mol. The second kappa shape index (κ2) is 7.99. The van der Waals surface area contributed by atoms with Crippen LogP contribution in [0.5, 0.6) is 5.75 Å². The molecule has 1 amide bonds. The van der Waals surface area contributed by atoms with Crippen LogP contribution in [0.2, 0.25) is 0 Å². The number of fused-ring (bicyclic) bond motifs is 1. The standard InChI is InChI=1S/C21H25F2N3O2/c1-14-10-16(23)12-26(14)21(27)13-25-8-5-17(6-9-25)28-20-4-7-24-19-3-2-15(22)11-18(19)20/h2-4,7,11,14,16-17H,5-6,8-10,12-13H2,1H3/t14-,16+/m1/s1. The van der Waals surface area contributed by atoms with Crippen LogP contribution in [0.1, 0.15) is 26.2 Å². The average Bonchev–Trinajstić information content (AvgIpc) is 3.02. The monoisotopic (exact) mass is 389 g/mol. The zero-order valence-corrected chi connectivity index (χ0v) is 16.0. The van der Waals surface area contributed by atoms with Gasteiger partial charge in [0, 0.05) is 37.1 Å². The van der Waals surface area contributed by atoms with Gasteiger partial charge in [0.15, 0.2) is 0 Å². The van der Waals surface area contributed by atoms with Crippen LogP contribution in [-0.4, -0.2) is 65.2 Å². The van der Waals surface area contributed by atoms with Crippen molar-refractivity contribution < 1.29 is 18.3 Å². The summed E-state index contributed by atoms with van der Waals surface area (Å²) in [6.07, 6.45) is 2.78. The summed E-state index contributed by atoms with van der Waals surface area (Å²) in [7, 11) is 0. The molecule has 1 aromatic heterocycles. The fraction of sp³-hybridized carbons (Fsp3) is 0.524. The molecule has 2 aliphatic rings. The Morgan fingerprint density at radius 3 is 2.79 bits per heavy atom. The molecule has 2 fully saturated rings. The Labute approximate surface area is 163 Å². The van der Waals surface area contributed by atoms with Crippen molar-refractivity contribution in [3.63, 3.8) is 0 Å². The Balaban J connectivity index is 1.32. The molecule has 1 aromatic carbocycles. The van der Waals surface area contributed by atoms with Gasteiger partial charge in [0.1, 0.15) is 23.8 Å². The maximum atomic E-state index is 13.6. The Hall–Kier alpha value is -2.28. The summed E-state index contributed by atoms with van der Waals surface area (Å²) in [6.45, 7) is 3.93. The van der Waals surface area contributed by atoms with Crippen molar-refractivity contribution in [2.24, 2.45) is 0 Å². The van der Waals surface area contributed by atoms with E-state index < -0.39 is 6.17 Å². The zero-order valence-electron chi connectivity index (χ0n) is 16.0. The summed E-state index contributed by atoms with van der Waals surface area (Å²) in [4.78, 5) is 20.5. The number of piperidine rings is 1. The van der Waals surface area contributed by atoms with Crippen molar-refractivity contribution in [3.05, 3.63) is 36.3 Å². The number of pyridine rings is 1. The van der Waals surface area contributed by atoms with Crippen LogP contribution < -0.4 is 4.74 Å². The molecule has 2 saturated heterocycles. The van der Waals surface area contributed by atoms with Gasteiger partial charge in [-0.2, -0.15) is 0 Å². The molecule has 4 rings (SSSR count). The number of amides is 1. The summed E-state index contributed by atoms with van der Waals surface area (Å²) >= 11 is 0.